The Morgan fingerprint density at radius 2 is 2.04 bits per heavy atom. The highest BCUT2D eigenvalue weighted by Gasteiger charge is 2.47. The lowest BCUT2D eigenvalue weighted by atomic mass is 9.86. The van der Waals surface area contributed by atoms with E-state index in [2.05, 4.69) is 24.0 Å². The lowest BCUT2D eigenvalue weighted by Gasteiger charge is -2.24. The van der Waals surface area contributed by atoms with E-state index >= 15 is 0 Å². The fourth-order valence-electron chi connectivity index (χ4n) is 4.41. The van der Waals surface area contributed by atoms with E-state index in [0.29, 0.717) is 6.42 Å². The quantitative estimate of drug-likeness (QED) is 0.830. The maximum atomic E-state index is 12.7. The second-order valence-corrected chi connectivity index (χ2v) is 9.04. The Labute approximate surface area is 157 Å². The van der Waals surface area contributed by atoms with Crippen molar-refractivity contribution in [1.82, 2.24) is 4.90 Å². The molecule has 1 spiro atoms. The first-order valence-corrected chi connectivity index (χ1v) is 9.90. The predicted molar refractivity (Wildman–Crippen MR) is 101 cm³/mol. The van der Waals surface area contributed by atoms with E-state index < -0.39 is 0 Å². The highest BCUT2D eigenvalue weighted by Crippen LogP contribution is 2.44. The molecule has 6 heteroatoms. The Morgan fingerprint density at radius 1 is 1.15 bits per heavy atom. The Hall–Kier alpha value is -2.05. The van der Waals surface area contributed by atoms with E-state index in [0.717, 1.165) is 49.8 Å². The molecule has 5 rings (SSSR count). The monoisotopic (exact) mass is 370 g/mol. The van der Waals surface area contributed by atoms with Gasteiger partial charge in [-0.2, -0.15) is 0 Å². The number of fused-ring (bicyclic) bond motifs is 1. The molecule has 136 valence electrons. The highest BCUT2D eigenvalue weighted by atomic mass is 32.1. The minimum Gasteiger partial charge on any atom is -0.454 e. The van der Waals surface area contributed by atoms with Gasteiger partial charge in [-0.1, -0.05) is 0 Å². The minimum atomic E-state index is 0.0831. The number of carbonyl (C=O) groups excluding carboxylic acids is 1. The molecule has 2 fully saturated rings. The third-order valence-electron chi connectivity index (χ3n) is 5.68. The summed E-state index contributed by atoms with van der Waals surface area (Å²) >= 11 is 1.87. The maximum Gasteiger partial charge on any atom is 0.231 e. The number of hydrogen-bond donors (Lipinski definition) is 0. The van der Waals surface area contributed by atoms with Gasteiger partial charge in [0.2, 0.25) is 12.7 Å². The van der Waals surface area contributed by atoms with Gasteiger partial charge in [-0.25, -0.2) is 0 Å². The number of rotatable bonds is 3. The van der Waals surface area contributed by atoms with Gasteiger partial charge in [0.05, 0.1) is 0 Å². The van der Waals surface area contributed by atoms with Gasteiger partial charge in [0.15, 0.2) is 11.5 Å². The van der Waals surface area contributed by atoms with Gasteiger partial charge in [-0.3, -0.25) is 9.69 Å². The molecule has 0 N–H and O–H groups in total. The molecule has 1 amide bonds. The van der Waals surface area contributed by atoms with Crippen LogP contribution in [0.2, 0.25) is 0 Å². The SMILES string of the molecule is Cc1ccc(CN2CC[C@@]3(CC(=O)N(c4ccc5c(c4)OCO5)C3)C2)s1. The zero-order valence-electron chi connectivity index (χ0n) is 14.9. The number of anilines is 1. The normalized spacial score (nSPS) is 25.0. The van der Waals surface area contributed by atoms with E-state index in [1.807, 2.05) is 34.4 Å². The van der Waals surface area contributed by atoms with Gasteiger partial charge in [0.1, 0.15) is 0 Å². The second kappa shape index (κ2) is 5.99. The zero-order valence-corrected chi connectivity index (χ0v) is 15.7. The number of ether oxygens (including phenoxy) is 2. The van der Waals surface area contributed by atoms with E-state index in [9.17, 15) is 4.79 Å². The molecular formula is C20H22N2O3S. The molecule has 3 aliphatic rings. The Bertz CT molecular complexity index is 864. The van der Waals surface area contributed by atoms with Gasteiger partial charge < -0.3 is 14.4 Å². The summed E-state index contributed by atoms with van der Waals surface area (Å²) in [5, 5.41) is 0. The van der Waals surface area contributed by atoms with Crippen molar-refractivity contribution in [2.24, 2.45) is 5.41 Å². The third kappa shape index (κ3) is 2.77. The molecular weight excluding hydrogens is 348 g/mol. The van der Waals surface area contributed by atoms with Crippen LogP contribution in [0.5, 0.6) is 11.5 Å². The summed E-state index contributed by atoms with van der Waals surface area (Å²) < 4.78 is 10.8. The number of carbonyl (C=O) groups is 1. The minimum absolute atomic E-state index is 0.0831. The lowest BCUT2D eigenvalue weighted by Crippen LogP contribution is -2.31. The van der Waals surface area contributed by atoms with E-state index in [-0.39, 0.29) is 18.1 Å². The molecule has 1 atom stereocenters. The largest absolute Gasteiger partial charge is 0.454 e. The summed E-state index contributed by atoms with van der Waals surface area (Å²) in [7, 11) is 0. The standard InChI is InChI=1S/C20H22N2O3S/c1-14-2-4-16(26-14)10-21-7-6-20(11-21)9-19(23)22(12-20)15-3-5-17-18(8-15)25-13-24-17/h2-5,8H,6-7,9-13H2,1H3/t20-/m1/s1. The number of aryl methyl sites for hydroxylation is 1. The predicted octanol–water partition coefficient (Wildman–Crippen LogP) is 3.41. The smallest absolute Gasteiger partial charge is 0.231 e. The van der Waals surface area contributed by atoms with Crippen LogP contribution >= 0.6 is 11.3 Å². The number of benzene rings is 1. The van der Waals surface area contributed by atoms with Crippen molar-refractivity contribution in [3.05, 3.63) is 40.1 Å². The summed E-state index contributed by atoms with van der Waals surface area (Å²) in [6.45, 7) is 6.27. The van der Waals surface area contributed by atoms with E-state index in [1.54, 1.807) is 0 Å². The van der Waals surface area contributed by atoms with Crippen LogP contribution in [-0.4, -0.2) is 37.2 Å². The van der Waals surface area contributed by atoms with Crippen molar-refractivity contribution >= 4 is 22.9 Å². The van der Waals surface area contributed by atoms with Gasteiger partial charge in [-0.05, 0) is 44.2 Å². The Morgan fingerprint density at radius 3 is 2.88 bits per heavy atom. The molecule has 1 aromatic carbocycles. The van der Waals surface area contributed by atoms with Crippen molar-refractivity contribution in [2.75, 3.05) is 31.3 Å². The van der Waals surface area contributed by atoms with Crippen LogP contribution < -0.4 is 14.4 Å². The van der Waals surface area contributed by atoms with Crippen molar-refractivity contribution in [2.45, 2.75) is 26.3 Å². The number of thiophene rings is 1. The molecule has 0 bridgehead atoms. The van der Waals surface area contributed by atoms with Crippen molar-refractivity contribution in [3.63, 3.8) is 0 Å². The van der Waals surface area contributed by atoms with E-state index in [1.165, 1.54) is 9.75 Å². The van der Waals surface area contributed by atoms with Crippen molar-refractivity contribution < 1.29 is 14.3 Å². The van der Waals surface area contributed by atoms with Crippen molar-refractivity contribution in [3.8, 4) is 11.5 Å². The average Bonchev–Trinajstić information content (AvgIpc) is 3.37. The van der Waals surface area contributed by atoms with Crippen LogP contribution in [0.25, 0.3) is 0 Å². The van der Waals surface area contributed by atoms with Crippen LogP contribution in [0, 0.1) is 12.3 Å². The summed E-state index contributed by atoms with van der Waals surface area (Å²) in [6, 6.07) is 10.2. The molecule has 0 unspecified atom stereocenters. The summed E-state index contributed by atoms with van der Waals surface area (Å²) in [5.41, 5.74) is 1.00. The van der Waals surface area contributed by atoms with Gasteiger partial charge >= 0.3 is 0 Å². The molecule has 2 aromatic rings. The first-order chi connectivity index (χ1) is 12.6. The summed E-state index contributed by atoms with van der Waals surface area (Å²) in [4.78, 5) is 19.9. The first-order valence-electron chi connectivity index (χ1n) is 9.08. The maximum absolute atomic E-state index is 12.7. The fourth-order valence-corrected chi connectivity index (χ4v) is 5.34. The molecule has 2 saturated heterocycles. The molecule has 5 nitrogen and oxygen atoms in total. The topological polar surface area (TPSA) is 42.0 Å². The van der Waals surface area contributed by atoms with Crippen LogP contribution in [0.4, 0.5) is 5.69 Å². The van der Waals surface area contributed by atoms with Gasteiger partial charge in [0, 0.05) is 53.0 Å². The molecule has 1 aromatic heterocycles. The lowest BCUT2D eigenvalue weighted by molar-refractivity contribution is -0.117. The average molecular weight is 370 g/mol. The molecule has 0 radical (unpaired) electrons. The molecule has 0 aliphatic carbocycles. The molecule has 26 heavy (non-hydrogen) atoms. The zero-order chi connectivity index (χ0) is 17.7. The van der Waals surface area contributed by atoms with Gasteiger partial charge in [-0.15, -0.1) is 11.3 Å². The number of hydrogen-bond acceptors (Lipinski definition) is 5. The number of likely N-dealkylation sites (tertiary alicyclic amines) is 1. The van der Waals surface area contributed by atoms with Crippen LogP contribution in [0.15, 0.2) is 30.3 Å². The summed E-state index contributed by atoms with van der Waals surface area (Å²) in [5.74, 6) is 1.71. The van der Waals surface area contributed by atoms with Crippen molar-refractivity contribution in [1.29, 1.82) is 0 Å². The second-order valence-electron chi connectivity index (χ2n) is 7.67. The molecule has 0 saturated carbocycles. The first kappa shape index (κ1) is 16.1. The number of amides is 1. The van der Waals surface area contributed by atoms with E-state index in [4.69, 9.17) is 9.47 Å². The number of nitrogens with zero attached hydrogens (tertiary/aromatic N) is 2. The Balaban J connectivity index is 1.30. The molecule has 3 aliphatic heterocycles. The molecule has 4 heterocycles. The van der Waals surface area contributed by atoms with Crippen LogP contribution in [-0.2, 0) is 11.3 Å². The van der Waals surface area contributed by atoms with Gasteiger partial charge in [0.25, 0.3) is 0 Å². The Kier molecular flexibility index (Phi) is 3.72. The van der Waals surface area contributed by atoms with Crippen LogP contribution in [0.3, 0.4) is 0 Å². The third-order valence-corrected chi connectivity index (χ3v) is 6.67. The summed E-state index contributed by atoms with van der Waals surface area (Å²) in [6.07, 6.45) is 1.73. The highest BCUT2D eigenvalue weighted by molar-refractivity contribution is 7.11. The van der Waals surface area contributed by atoms with Crippen LogP contribution in [0.1, 0.15) is 22.6 Å². The fraction of sp³-hybridized carbons (Fsp3) is 0.450.